The van der Waals surface area contributed by atoms with Gasteiger partial charge in [-0.1, -0.05) is 6.42 Å². The summed E-state index contributed by atoms with van der Waals surface area (Å²) in [6.07, 6.45) is 10.6. The summed E-state index contributed by atoms with van der Waals surface area (Å²) in [5.41, 5.74) is 0.257. The molecule has 2 fully saturated rings. The fraction of sp³-hybridized carbons (Fsp3) is 0.643. The number of carbonyl (C=O) groups excluding carboxylic acids is 1. The lowest BCUT2D eigenvalue weighted by Crippen LogP contribution is -2.49. The number of aliphatic hydroxyl groups is 1. The Kier molecular flexibility index (Phi) is 3.01. The van der Waals surface area contributed by atoms with E-state index in [2.05, 4.69) is 15.3 Å². The van der Waals surface area contributed by atoms with Crippen LogP contribution in [-0.2, 0) is 0 Å². The van der Waals surface area contributed by atoms with E-state index in [-0.39, 0.29) is 23.5 Å². The molecular formula is C14H19N3O2. The highest BCUT2D eigenvalue weighted by Gasteiger charge is 2.51. The van der Waals surface area contributed by atoms with E-state index in [4.69, 9.17) is 0 Å². The molecule has 2 aliphatic carbocycles. The third-order valence-electron chi connectivity index (χ3n) is 4.72. The minimum absolute atomic E-state index is 0.0356. The largest absolute Gasteiger partial charge is 0.396 e. The summed E-state index contributed by atoms with van der Waals surface area (Å²) in [4.78, 5) is 20.2. The normalized spacial score (nSPS) is 33.1. The van der Waals surface area contributed by atoms with Crippen molar-refractivity contribution >= 4 is 5.91 Å². The van der Waals surface area contributed by atoms with Gasteiger partial charge in [0, 0.05) is 24.5 Å². The van der Waals surface area contributed by atoms with Crippen LogP contribution in [0.25, 0.3) is 0 Å². The van der Waals surface area contributed by atoms with Gasteiger partial charge in [0.2, 0.25) is 0 Å². The molecule has 0 spiro atoms. The minimum atomic E-state index is -0.149. The zero-order valence-corrected chi connectivity index (χ0v) is 10.9. The van der Waals surface area contributed by atoms with Gasteiger partial charge >= 0.3 is 0 Å². The van der Waals surface area contributed by atoms with Crippen molar-refractivity contribution < 1.29 is 9.90 Å². The van der Waals surface area contributed by atoms with Crippen LogP contribution in [0.15, 0.2) is 18.6 Å². The molecule has 2 aliphatic rings. The molecule has 0 saturated heterocycles. The summed E-state index contributed by atoms with van der Waals surface area (Å²) in [7, 11) is 0. The summed E-state index contributed by atoms with van der Waals surface area (Å²) >= 11 is 0. The van der Waals surface area contributed by atoms with Gasteiger partial charge in [-0.2, -0.15) is 0 Å². The zero-order valence-electron chi connectivity index (χ0n) is 10.9. The second kappa shape index (κ2) is 4.56. The molecule has 0 aromatic carbocycles. The van der Waals surface area contributed by atoms with Crippen LogP contribution in [-0.4, -0.2) is 33.1 Å². The van der Waals surface area contributed by atoms with Gasteiger partial charge < -0.3 is 10.4 Å². The summed E-state index contributed by atoms with van der Waals surface area (Å²) in [5.74, 6) is -0.149. The molecule has 3 rings (SSSR count). The molecule has 2 saturated carbocycles. The molecule has 2 N–H and O–H groups in total. The van der Waals surface area contributed by atoms with E-state index >= 15 is 0 Å². The fourth-order valence-corrected chi connectivity index (χ4v) is 3.73. The van der Waals surface area contributed by atoms with Crippen LogP contribution in [0.5, 0.6) is 0 Å². The second-order valence-electron chi connectivity index (χ2n) is 6.01. The Morgan fingerprint density at radius 1 is 1.32 bits per heavy atom. The first-order valence-corrected chi connectivity index (χ1v) is 6.87. The molecule has 19 heavy (non-hydrogen) atoms. The van der Waals surface area contributed by atoms with E-state index in [0.717, 1.165) is 38.5 Å². The summed E-state index contributed by atoms with van der Waals surface area (Å²) in [5, 5.41) is 12.7. The molecule has 0 aliphatic heterocycles. The maximum absolute atomic E-state index is 12.2. The maximum Gasteiger partial charge on any atom is 0.271 e. The number of aliphatic hydroxyl groups excluding tert-OH is 1. The Balaban J connectivity index is 1.75. The molecule has 5 heteroatoms. The van der Waals surface area contributed by atoms with Gasteiger partial charge in [0.15, 0.2) is 0 Å². The number of hydrogen-bond donors (Lipinski definition) is 2. The number of fused-ring (bicyclic) bond motifs is 2. The molecule has 1 aromatic rings. The van der Waals surface area contributed by atoms with E-state index < -0.39 is 0 Å². The lowest BCUT2D eigenvalue weighted by Gasteiger charge is -2.39. The van der Waals surface area contributed by atoms with Crippen LogP contribution in [0.3, 0.4) is 0 Å². The SMILES string of the molecule is O=C(NC12CCCC(CO)(CC1)C2)c1cnccn1. The minimum Gasteiger partial charge on any atom is -0.396 e. The molecule has 2 atom stereocenters. The van der Waals surface area contributed by atoms with Crippen molar-refractivity contribution in [2.24, 2.45) is 5.41 Å². The number of nitrogens with zero attached hydrogens (tertiary/aromatic N) is 2. The van der Waals surface area contributed by atoms with E-state index in [0.29, 0.717) is 5.69 Å². The summed E-state index contributed by atoms with van der Waals surface area (Å²) < 4.78 is 0. The highest BCUT2D eigenvalue weighted by Crippen LogP contribution is 2.53. The number of amides is 1. The Hall–Kier alpha value is -1.49. The van der Waals surface area contributed by atoms with Gasteiger partial charge in [0.05, 0.1) is 6.20 Å². The predicted octanol–water partition coefficient (Wildman–Crippen LogP) is 1.29. The van der Waals surface area contributed by atoms with Crippen LogP contribution in [0.1, 0.15) is 49.0 Å². The average molecular weight is 261 g/mol. The molecule has 1 aromatic heterocycles. The predicted molar refractivity (Wildman–Crippen MR) is 69.5 cm³/mol. The van der Waals surface area contributed by atoms with Gasteiger partial charge in [-0.3, -0.25) is 9.78 Å². The zero-order chi connectivity index (χ0) is 13.3. The highest BCUT2D eigenvalue weighted by molar-refractivity contribution is 5.92. The standard InChI is InChI=1S/C14H19N3O2/c18-10-13-2-1-3-14(9-13,5-4-13)17-12(19)11-8-15-6-7-16-11/h6-8,18H,1-5,9-10H2,(H,17,19). The van der Waals surface area contributed by atoms with Crippen molar-refractivity contribution in [1.82, 2.24) is 15.3 Å². The van der Waals surface area contributed by atoms with Crippen molar-refractivity contribution in [3.05, 3.63) is 24.3 Å². The first kappa shape index (κ1) is 12.5. The lowest BCUT2D eigenvalue weighted by molar-refractivity contribution is 0.0712. The second-order valence-corrected chi connectivity index (χ2v) is 6.01. The third kappa shape index (κ3) is 2.23. The van der Waals surface area contributed by atoms with Crippen molar-refractivity contribution in [3.63, 3.8) is 0 Å². The first-order valence-electron chi connectivity index (χ1n) is 6.87. The Bertz CT molecular complexity index is 479. The number of hydrogen-bond acceptors (Lipinski definition) is 4. The molecule has 2 unspecified atom stereocenters. The van der Waals surface area contributed by atoms with Gasteiger partial charge in [-0.05, 0) is 37.5 Å². The Morgan fingerprint density at radius 2 is 2.21 bits per heavy atom. The topological polar surface area (TPSA) is 75.1 Å². The summed E-state index contributed by atoms with van der Waals surface area (Å²) in [6, 6.07) is 0. The lowest BCUT2D eigenvalue weighted by atomic mass is 9.73. The third-order valence-corrected chi connectivity index (χ3v) is 4.72. The monoisotopic (exact) mass is 261 g/mol. The molecule has 102 valence electrons. The van der Waals surface area contributed by atoms with E-state index in [1.54, 1.807) is 6.20 Å². The van der Waals surface area contributed by atoms with Gasteiger partial charge in [0.25, 0.3) is 5.91 Å². The number of nitrogens with one attached hydrogen (secondary N) is 1. The van der Waals surface area contributed by atoms with Gasteiger partial charge in [0.1, 0.15) is 5.69 Å². The first-order chi connectivity index (χ1) is 9.17. The van der Waals surface area contributed by atoms with Crippen LogP contribution >= 0.6 is 0 Å². The van der Waals surface area contributed by atoms with Crippen molar-refractivity contribution in [1.29, 1.82) is 0 Å². The highest BCUT2D eigenvalue weighted by atomic mass is 16.3. The number of rotatable bonds is 3. The molecule has 5 nitrogen and oxygen atoms in total. The van der Waals surface area contributed by atoms with Crippen molar-refractivity contribution in [3.8, 4) is 0 Å². The van der Waals surface area contributed by atoms with Crippen molar-refractivity contribution in [2.45, 2.75) is 44.1 Å². The molecule has 1 heterocycles. The maximum atomic E-state index is 12.2. The van der Waals surface area contributed by atoms with E-state index in [1.165, 1.54) is 12.4 Å². The summed E-state index contributed by atoms with van der Waals surface area (Å²) in [6.45, 7) is 0.232. The number of carbonyl (C=O) groups is 1. The Labute approximate surface area is 112 Å². The molecule has 0 radical (unpaired) electrons. The quantitative estimate of drug-likeness (QED) is 0.859. The van der Waals surface area contributed by atoms with Crippen molar-refractivity contribution in [2.75, 3.05) is 6.61 Å². The molecule has 2 bridgehead atoms. The van der Waals surface area contributed by atoms with Gasteiger partial charge in [-0.15, -0.1) is 0 Å². The van der Waals surface area contributed by atoms with Crippen LogP contribution in [0, 0.1) is 5.41 Å². The average Bonchev–Trinajstić information content (AvgIpc) is 2.71. The van der Waals surface area contributed by atoms with Crippen LogP contribution in [0.2, 0.25) is 0 Å². The molecule has 1 amide bonds. The van der Waals surface area contributed by atoms with E-state index in [1.807, 2.05) is 0 Å². The van der Waals surface area contributed by atoms with Gasteiger partial charge in [-0.25, -0.2) is 4.98 Å². The Morgan fingerprint density at radius 3 is 2.95 bits per heavy atom. The van der Waals surface area contributed by atoms with E-state index in [9.17, 15) is 9.90 Å². The fourth-order valence-electron chi connectivity index (χ4n) is 3.73. The molecular weight excluding hydrogens is 242 g/mol. The number of aromatic nitrogens is 2. The van der Waals surface area contributed by atoms with Crippen LogP contribution in [0.4, 0.5) is 0 Å². The smallest absolute Gasteiger partial charge is 0.271 e. The van der Waals surface area contributed by atoms with Crippen LogP contribution < -0.4 is 5.32 Å².